The lowest BCUT2D eigenvalue weighted by Gasteiger charge is -2.36. The first-order chi connectivity index (χ1) is 13.6. The summed E-state index contributed by atoms with van der Waals surface area (Å²) in [6.07, 6.45) is 8.38. The number of piperidine rings is 1. The van der Waals surface area contributed by atoms with Crippen LogP contribution in [0.15, 0.2) is 18.6 Å². The molecule has 7 nitrogen and oxygen atoms in total. The highest BCUT2D eigenvalue weighted by Crippen LogP contribution is 2.33. The van der Waals surface area contributed by atoms with Gasteiger partial charge in [-0.15, -0.1) is 0 Å². The number of hydrogen-bond acceptors (Lipinski definition) is 5. The second-order valence-electron chi connectivity index (χ2n) is 7.92. The molecule has 0 saturated carbocycles. The Hall–Kier alpha value is -2.51. The van der Waals surface area contributed by atoms with Gasteiger partial charge in [0.05, 0.1) is 11.8 Å². The summed E-state index contributed by atoms with van der Waals surface area (Å²) in [5.74, 6) is 1.60. The second-order valence-corrected chi connectivity index (χ2v) is 7.92. The summed E-state index contributed by atoms with van der Waals surface area (Å²) in [4.78, 5) is 24.6. The van der Waals surface area contributed by atoms with Gasteiger partial charge in [-0.3, -0.25) is 9.89 Å². The third-order valence-electron chi connectivity index (χ3n) is 6.27. The van der Waals surface area contributed by atoms with Gasteiger partial charge in [0, 0.05) is 37.9 Å². The normalized spacial score (nSPS) is 21.6. The molecular formula is C20H27FN6O. The molecule has 0 aromatic carbocycles. The first kappa shape index (κ1) is 18.8. The Labute approximate surface area is 164 Å². The van der Waals surface area contributed by atoms with Crippen LogP contribution in [-0.2, 0) is 0 Å². The summed E-state index contributed by atoms with van der Waals surface area (Å²) in [7, 11) is 0. The maximum Gasteiger partial charge on any atom is 0.257 e. The van der Waals surface area contributed by atoms with Gasteiger partial charge < -0.3 is 9.80 Å². The van der Waals surface area contributed by atoms with Gasteiger partial charge in [-0.1, -0.05) is 0 Å². The topological polar surface area (TPSA) is 78.0 Å². The van der Waals surface area contributed by atoms with Gasteiger partial charge >= 0.3 is 0 Å². The molecule has 2 saturated heterocycles. The minimum absolute atomic E-state index is 0.0857. The van der Waals surface area contributed by atoms with Crippen LogP contribution in [0, 0.1) is 24.7 Å². The summed E-state index contributed by atoms with van der Waals surface area (Å²) >= 11 is 0. The average molecular weight is 386 g/mol. The molecule has 150 valence electrons. The second kappa shape index (κ2) is 8.24. The third kappa shape index (κ3) is 4.00. The number of aryl methyl sites for hydroxylation is 1. The van der Waals surface area contributed by atoms with E-state index in [1.54, 1.807) is 6.20 Å². The Balaban J connectivity index is 1.31. The lowest BCUT2D eigenvalue weighted by molar-refractivity contribution is 0.0651. The number of carbonyl (C=O) groups is 1. The highest BCUT2D eigenvalue weighted by Gasteiger charge is 2.31. The SMILES string of the molecule is Cc1[nH]ncc1C(=O)N1CCC(C2CCCN(c3cc(F)ncn3)CC2)CC1. The van der Waals surface area contributed by atoms with Gasteiger partial charge in [0.15, 0.2) is 0 Å². The van der Waals surface area contributed by atoms with Gasteiger partial charge in [-0.2, -0.15) is 9.49 Å². The van der Waals surface area contributed by atoms with Crippen molar-refractivity contribution >= 4 is 11.7 Å². The first-order valence-electron chi connectivity index (χ1n) is 10.1. The Kier molecular flexibility index (Phi) is 5.54. The molecule has 2 fully saturated rings. The number of amides is 1. The Bertz CT molecular complexity index is 817. The minimum atomic E-state index is -0.476. The molecular weight excluding hydrogens is 359 g/mol. The van der Waals surface area contributed by atoms with Crippen LogP contribution in [0.5, 0.6) is 0 Å². The van der Waals surface area contributed by atoms with E-state index in [4.69, 9.17) is 0 Å². The van der Waals surface area contributed by atoms with E-state index in [1.807, 2.05) is 11.8 Å². The summed E-state index contributed by atoms with van der Waals surface area (Å²) in [5.41, 5.74) is 1.51. The van der Waals surface area contributed by atoms with E-state index < -0.39 is 5.95 Å². The number of nitrogens with zero attached hydrogens (tertiary/aromatic N) is 5. The summed E-state index contributed by atoms with van der Waals surface area (Å²) in [6, 6.07) is 1.42. The van der Waals surface area contributed by atoms with Crippen LogP contribution in [0.4, 0.5) is 10.2 Å². The van der Waals surface area contributed by atoms with Crippen LogP contribution in [0.2, 0.25) is 0 Å². The molecule has 1 unspecified atom stereocenters. The van der Waals surface area contributed by atoms with E-state index in [1.165, 1.54) is 18.8 Å². The molecule has 2 aromatic heterocycles. The van der Waals surface area contributed by atoms with Gasteiger partial charge in [0.25, 0.3) is 5.91 Å². The predicted octanol–water partition coefficient (Wildman–Crippen LogP) is 2.81. The van der Waals surface area contributed by atoms with Gasteiger partial charge in [-0.05, 0) is 50.9 Å². The van der Waals surface area contributed by atoms with Crippen molar-refractivity contribution in [2.75, 3.05) is 31.1 Å². The average Bonchev–Trinajstić information content (AvgIpc) is 2.99. The minimum Gasteiger partial charge on any atom is -0.356 e. The fraction of sp³-hybridized carbons (Fsp3) is 0.600. The van der Waals surface area contributed by atoms with Gasteiger partial charge in [0.1, 0.15) is 12.1 Å². The molecule has 0 radical (unpaired) electrons. The maximum atomic E-state index is 13.4. The van der Waals surface area contributed by atoms with Crippen molar-refractivity contribution < 1.29 is 9.18 Å². The fourth-order valence-electron chi connectivity index (χ4n) is 4.63. The first-order valence-corrected chi connectivity index (χ1v) is 10.1. The van der Waals surface area contributed by atoms with Crippen molar-refractivity contribution in [1.29, 1.82) is 0 Å². The summed E-state index contributed by atoms with van der Waals surface area (Å²) in [6.45, 7) is 5.31. The van der Waals surface area contributed by atoms with E-state index in [-0.39, 0.29) is 5.91 Å². The molecule has 1 N–H and O–H groups in total. The van der Waals surface area contributed by atoms with Crippen LogP contribution in [0.1, 0.15) is 48.2 Å². The molecule has 0 spiro atoms. The lowest BCUT2D eigenvalue weighted by atomic mass is 9.80. The predicted molar refractivity (Wildman–Crippen MR) is 103 cm³/mol. The molecule has 2 aromatic rings. The van der Waals surface area contributed by atoms with Crippen LogP contribution in [0.3, 0.4) is 0 Å². The summed E-state index contributed by atoms with van der Waals surface area (Å²) < 4.78 is 13.4. The van der Waals surface area contributed by atoms with Crippen LogP contribution in [0.25, 0.3) is 0 Å². The molecule has 4 rings (SSSR count). The molecule has 2 aliphatic heterocycles. The quantitative estimate of drug-likeness (QED) is 0.821. The van der Waals surface area contributed by atoms with Gasteiger partial charge in [0.2, 0.25) is 5.95 Å². The number of H-pyrrole nitrogens is 1. The molecule has 1 amide bonds. The number of likely N-dealkylation sites (tertiary alicyclic amines) is 1. The fourth-order valence-corrected chi connectivity index (χ4v) is 4.63. The third-order valence-corrected chi connectivity index (χ3v) is 6.27. The zero-order valence-electron chi connectivity index (χ0n) is 16.3. The van der Waals surface area contributed by atoms with Crippen LogP contribution >= 0.6 is 0 Å². The van der Waals surface area contributed by atoms with Crippen molar-refractivity contribution in [1.82, 2.24) is 25.1 Å². The molecule has 0 aliphatic carbocycles. The van der Waals surface area contributed by atoms with Crippen molar-refractivity contribution in [3.63, 3.8) is 0 Å². The molecule has 2 aliphatic rings. The van der Waals surface area contributed by atoms with E-state index in [2.05, 4.69) is 25.1 Å². The summed E-state index contributed by atoms with van der Waals surface area (Å²) in [5, 5.41) is 6.81. The molecule has 0 bridgehead atoms. The zero-order valence-corrected chi connectivity index (χ0v) is 16.3. The number of hydrogen-bond donors (Lipinski definition) is 1. The molecule has 4 heterocycles. The van der Waals surface area contributed by atoms with E-state index >= 15 is 0 Å². The number of carbonyl (C=O) groups excluding carboxylic acids is 1. The molecule has 1 atom stereocenters. The van der Waals surface area contributed by atoms with Crippen LogP contribution < -0.4 is 4.90 Å². The number of anilines is 1. The highest BCUT2D eigenvalue weighted by atomic mass is 19.1. The largest absolute Gasteiger partial charge is 0.356 e. The number of aromatic nitrogens is 4. The Morgan fingerprint density at radius 2 is 1.86 bits per heavy atom. The van der Waals surface area contributed by atoms with Crippen molar-refractivity contribution in [3.8, 4) is 0 Å². The Morgan fingerprint density at radius 1 is 1.11 bits per heavy atom. The lowest BCUT2D eigenvalue weighted by Crippen LogP contribution is -2.40. The maximum absolute atomic E-state index is 13.4. The molecule has 8 heteroatoms. The highest BCUT2D eigenvalue weighted by molar-refractivity contribution is 5.95. The van der Waals surface area contributed by atoms with Crippen LogP contribution in [-0.4, -0.2) is 57.2 Å². The smallest absolute Gasteiger partial charge is 0.257 e. The Morgan fingerprint density at radius 3 is 2.57 bits per heavy atom. The zero-order chi connectivity index (χ0) is 19.5. The van der Waals surface area contributed by atoms with Crippen molar-refractivity contribution in [2.24, 2.45) is 11.8 Å². The van der Waals surface area contributed by atoms with E-state index in [0.29, 0.717) is 23.2 Å². The van der Waals surface area contributed by atoms with E-state index in [9.17, 15) is 9.18 Å². The van der Waals surface area contributed by atoms with Gasteiger partial charge in [-0.25, -0.2) is 9.97 Å². The van der Waals surface area contributed by atoms with Crippen molar-refractivity contribution in [2.45, 2.75) is 39.0 Å². The van der Waals surface area contributed by atoms with E-state index in [0.717, 1.165) is 57.6 Å². The number of rotatable bonds is 3. The standard InChI is InChI=1S/C20H27FN6O/c1-14-17(12-24-25-14)20(28)27-9-5-16(6-10-27)15-3-2-7-26(8-4-15)19-11-18(21)22-13-23-19/h11-13,15-16H,2-10H2,1H3,(H,24,25). The number of halogens is 1. The molecule has 28 heavy (non-hydrogen) atoms. The monoisotopic (exact) mass is 386 g/mol. The number of aromatic amines is 1. The number of nitrogens with one attached hydrogen (secondary N) is 1. The van der Waals surface area contributed by atoms with Crippen molar-refractivity contribution in [3.05, 3.63) is 35.8 Å².